The first kappa shape index (κ1) is 18.6. The molecule has 152 valence electrons. The van der Waals surface area contributed by atoms with Gasteiger partial charge in [0, 0.05) is 23.7 Å². The van der Waals surface area contributed by atoms with Crippen molar-refractivity contribution in [3.05, 3.63) is 48.7 Å². The lowest BCUT2D eigenvalue weighted by Gasteiger charge is -2.51. The van der Waals surface area contributed by atoms with E-state index in [-0.39, 0.29) is 24.0 Å². The third-order valence-electron chi connectivity index (χ3n) is 6.95. The van der Waals surface area contributed by atoms with E-state index in [1.54, 1.807) is 7.11 Å². The third kappa shape index (κ3) is 3.42. The number of carbonyl (C=O) groups is 1. The Labute approximate surface area is 171 Å². The minimum atomic E-state index is -0.283. The Morgan fingerprint density at radius 1 is 1.31 bits per heavy atom. The second-order valence-electron chi connectivity index (χ2n) is 8.66. The van der Waals surface area contributed by atoms with Gasteiger partial charge in [0.15, 0.2) is 0 Å². The summed E-state index contributed by atoms with van der Waals surface area (Å²) in [4.78, 5) is 19.7. The second-order valence-corrected chi connectivity index (χ2v) is 8.66. The first-order chi connectivity index (χ1) is 14.2. The number of hydrogen-bond donors (Lipinski definition) is 0. The normalized spacial score (nSPS) is 29.4. The van der Waals surface area contributed by atoms with E-state index in [9.17, 15) is 4.79 Å². The number of piperidine rings is 3. The third-order valence-corrected chi connectivity index (χ3v) is 6.95. The number of aromatic nitrogens is 1. The SMILES string of the molecule is C=C[C@H]1CN2CC[C@@H]1C[C@@H]2[C@H](OC(=O)C1CC1)c1ccnc2ccc(OC)cc12. The van der Waals surface area contributed by atoms with Crippen molar-refractivity contribution >= 4 is 16.9 Å². The fourth-order valence-corrected chi connectivity index (χ4v) is 5.10. The summed E-state index contributed by atoms with van der Waals surface area (Å²) in [6.07, 6.45) is 7.77. The molecule has 1 aromatic heterocycles. The van der Waals surface area contributed by atoms with E-state index in [4.69, 9.17) is 9.47 Å². The average molecular weight is 392 g/mol. The van der Waals surface area contributed by atoms with Gasteiger partial charge in [-0.15, -0.1) is 6.58 Å². The number of nitrogens with zero attached hydrogens (tertiary/aromatic N) is 2. The van der Waals surface area contributed by atoms with Gasteiger partial charge < -0.3 is 9.47 Å². The van der Waals surface area contributed by atoms with Crippen LogP contribution in [0.15, 0.2) is 43.1 Å². The first-order valence-corrected chi connectivity index (χ1v) is 10.7. The molecule has 29 heavy (non-hydrogen) atoms. The molecule has 0 amide bonds. The highest BCUT2D eigenvalue weighted by Crippen LogP contribution is 2.44. The number of pyridine rings is 1. The fourth-order valence-electron chi connectivity index (χ4n) is 5.10. The lowest BCUT2D eigenvalue weighted by molar-refractivity contribution is -0.158. The van der Waals surface area contributed by atoms with E-state index >= 15 is 0 Å². The molecule has 0 N–H and O–H groups in total. The van der Waals surface area contributed by atoms with Crippen molar-refractivity contribution in [1.29, 1.82) is 0 Å². The van der Waals surface area contributed by atoms with Crippen molar-refractivity contribution in [2.45, 2.75) is 37.8 Å². The van der Waals surface area contributed by atoms with Crippen LogP contribution < -0.4 is 4.74 Å². The molecule has 2 aromatic rings. The summed E-state index contributed by atoms with van der Waals surface area (Å²) >= 11 is 0. The minimum absolute atomic E-state index is 0.0502. The van der Waals surface area contributed by atoms with Gasteiger partial charge >= 0.3 is 5.97 Å². The fraction of sp³-hybridized carbons (Fsp3) is 0.500. The predicted molar refractivity (Wildman–Crippen MR) is 112 cm³/mol. The van der Waals surface area contributed by atoms with E-state index in [1.165, 1.54) is 6.42 Å². The molecule has 3 aliphatic heterocycles. The summed E-state index contributed by atoms with van der Waals surface area (Å²) < 4.78 is 11.7. The van der Waals surface area contributed by atoms with Crippen LogP contribution in [0.2, 0.25) is 0 Å². The molecule has 6 rings (SSSR count). The van der Waals surface area contributed by atoms with Crippen LogP contribution in [0.4, 0.5) is 0 Å². The lowest BCUT2D eigenvalue weighted by Crippen LogP contribution is -2.55. The molecule has 3 saturated heterocycles. The smallest absolute Gasteiger partial charge is 0.309 e. The Balaban J connectivity index is 1.55. The van der Waals surface area contributed by atoms with Crippen LogP contribution in [0.25, 0.3) is 10.9 Å². The Kier molecular flexibility index (Phi) is 4.78. The number of carbonyl (C=O) groups excluding carboxylic acids is 1. The van der Waals surface area contributed by atoms with E-state index in [2.05, 4.69) is 22.5 Å². The van der Waals surface area contributed by atoms with Gasteiger partial charge in [0.2, 0.25) is 0 Å². The lowest BCUT2D eigenvalue weighted by atomic mass is 9.73. The Morgan fingerprint density at radius 2 is 2.17 bits per heavy atom. The maximum Gasteiger partial charge on any atom is 0.309 e. The van der Waals surface area contributed by atoms with Crippen LogP contribution in [0.1, 0.15) is 37.4 Å². The van der Waals surface area contributed by atoms with Crippen LogP contribution >= 0.6 is 0 Å². The van der Waals surface area contributed by atoms with Crippen LogP contribution in [-0.4, -0.2) is 42.1 Å². The van der Waals surface area contributed by atoms with Gasteiger partial charge in [-0.05, 0) is 68.3 Å². The van der Waals surface area contributed by atoms with Gasteiger partial charge in [0.1, 0.15) is 11.9 Å². The molecular weight excluding hydrogens is 364 g/mol. The summed E-state index contributed by atoms with van der Waals surface area (Å²) in [5.41, 5.74) is 1.94. The molecule has 1 aliphatic carbocycles. The van der Waals surface area contributed by atoms with Gasteiger partial charge in [0.25, 0.3) is 0 Å². The molecule has 0 radical (unpaired) electrons. The highest BCUT2D eigenvalue weighted by Gasteiger charge is 2.45. The molecule has 5 atom stereocenters. The number of rotatable bonds is 6. The van der Waals surface area contributed by atoms with Gasteiger partial charge in [-0.1, -0.05) is 6.08 Å². The number of methoxy groups -OCH3 is 1. The van der Waals surface area contributed by atoms with E-state index in [0.29, 0.717) is 11.8 Å². The van der Waals surface area contributed by atoms with Gasteiger partial charge in [-0.25, -0.2) is 0 Å². The van der Waals surface area contributed by atoms with Crippen LogP contribution in [0.3, 0.4) is 0 Å². The van der Waals surface area contributed by atoms with Crippen molar-refractivity contribution in [3.8, 4) is 5.75 Å². The Morgan fingerprint density at radius 3 is 2.86 bits per heavy atom. The van der Waals surface area contributed by atoms with Gasteiger partial charge in [0.05, 0.1) is 24.6 Å². The molecule has 4 fully saturated rings. The molecule has 4 heterocycles. The molecule has 5 heteroatoms. The molecule has 5 nitrogen and oxygen atoms in total. The maximum absolute atomic E-state index is 12.7. The summed E-state index contributed by atoms with van der Waals surface area (Å²) in [5, 5.41) is 1.00. The summed E-state index contributed by atoms with van der Waals surface area (Å²) in [6.45, 7) is 6.10. The molecule has 2 bridgehead atoms. The molecular formula is C24H28N2O3. The molecule has 1 aromatic carbocycles. The van der Waals surface area contributed by atoms with Gasteiger partial charge in [-0.3, -0.25) is 14.7 Å². The van der Waals surface area contributed by atoms with E-state index in [1.807, 2.05) is 30.5 Å². The monoisotopic (exact) mass is 392 g/mol. The predicted octanol–water partition coefficient (Wildman–Crippen LogP) is 4.13. The van der Waals surface area contributed by atoms with Crippen molar-refractivity contribution in [2.75, 3.05) is 20.2 Å². The van der Waals surface area contributed by atoms with E-state index in [0.717, 1.165) is 54.6 Å². The second kappa shape index (κ2) is 7.45. The summed E-state index contributed by atoms with van der Waals surface area (Å²) in [6, 6.07) is 8.12. The van der Waals surface area contributed by atoms with Crippen LogP contribution in [0, 0.1) is 17.8 Å². The maximum atomic E-state index is 12.7. The highest BCUT2D eigenvalue weighted by molar-refractivity contribution is 5.84. The number of benzene rings is 1. The topological polar surface area (TPSA) is 51.7 Å². The van der Waals surface area contributed by atoms with Crippen LogP contribution in [0.5, 0.6) is 5.75 Å². The van der Waals surface area contributed by atoms with Crippen molar-refractivity contribution in [1.82, 2.24) is 9.88 Å². The number of hydrogen-bond acceptors (Lipinski definition) is 5. The average Bonchev–Trinajstić information content (AvgIpc) is 3.62. The molecule has 1 saturated carbocycles. The zero-order valence-corrected chi connectivity index (χ0v) is 16.9. The van der Waals surface area contributed by atoms with Crippen molar-refractivity contribution in [3.63, 3.8) is 0 Å². The molecule has 0 spiro atoms. The summed E-state index contributed by atoms with van der Waals surface area (Å²) in [5.74, 6) is 1.97. The van der Waals surface area contributed by atoms with Crippen LogP contribution in [-0.2, 0) is 9.53 Å². The molecule has 1 unspecified atom stereocenters. The number of fused-ring (bicyclic) bond motifs is 4. The quantitative estimate of drug-likeness (QED) is 0.546. The minimum Gasteiger partial charge on any atom is -0.497 e. The van der Waals surface area contributed by atoms with Crippen molar-refractivity contribution < 1.29 is 14.3 Å². The first-order valence-electron chi connectivity index (χ1n) is 10.7. The van der Waals surface area contributed by atoms with Gasteiger partial charge in [-0.2, -0.15) is 0 Å². The zero-order chi connectivity index (χ0) is 20.0. The highest BCUT2D eigenvalue weighted by atomic mass is 16.5. The largest absolute Gasteiger partial charge is 0.497 e. The molecule has 4 aliphatic rings. The summed E-state index contributed by atoms with van der Waals surface area (Å²) in [7, 11) is 1.67. The zero-order valence-electron chi connectivity index (χ0n) is 16.9. The van der Waals surface area contributed by atoms with Crippen molar-refractivity contribution in [2.24, 2.45) is 17.8 Å². The number of ether oxygens (including phenoxy) is 2. The Bertz CT molecular complexity index is 939. The number of esters is 1. The Hall–Kier alpha value is -2.40. The standard InChI is InChI=1S/C24H28N2O3/c1-3-15-14-26-11-9-17(15)12-22(26)23(29-24(27)16-4-5-16)19-8-10-25-21-7-6-18(28-2)13-20(19)21/h3,6-8,10,13,15-17,22-23H,1,4-5,9,11-12,14H2,2H3/t15-,17+,22+,23+/m0/s1. The van der Waals surface area contributed by atoms with E-state index < -0.39 is 0 Å².